The highest BCUT2D eigenvalue weighted by atomic mass is 32.1. The Morgan fingerprint density at radius 3 is 1.04 bits per heavy atom. The van der Waals surface area contributed by atoms with Crippen LogP contribution in [-0.4, -0.2) is 11.9 Å². The predicted molar refractivity (Wildman–Crippen MR) is 217 cm³/mol. The van der Waals surface area contributed by atoms with Gasteiger partial charge in [0.1, 0.15) is 57.4 Å². The molecule has 0 atom stereocenters. The SMILES string of the molecule is Fc1c(F)c(F)c([B-](c2c(F)c(F)c(F)c(F)c2F)(c2c(F)c(F)c(F)c(F)c2F)c2c(F)c(F)c(F)c(F)c2F)c(F)c1F.O=C(C=Cc1ccccc1)c1sc2ccccc2[n+]1Cc1ccccc1. The molecular formula is C47H18BF20NOS. The molecule has 0 N–H and O–H groups in total. The molecule has 0 amide bonds. The summed E-state index contributed by atoms with van der Waals surface area (Å²) in [5.41, 5.74) is -11.0. The summed E-state index contributed by atoms with van der Waals surface area (Å²) in [6.45, 7) is 0.686. The van der Waals surface area contributed by atoms with Gasteiger partial charge in [-0.3, -0.25) is 4.79 Å². The van der Waals surface area contributed by atoms with Crippen LogP contribution in [0.3, 0.4) is 0 Å². The number of carbonyl (C=O) groups excluding carboxylic acids is 1. The number of hydrogen-bond acceptors (Lipinski definition) is 2. The Bertz CT molecular complexity index is 3100. The van der Waals surface area contributed by atoms with Gasteiger partial charge in [0, 0.05) is 11.6 Å². The van der Waals surface area contributed by atoms with Gasteiger partial charge in [-0.05, 0) is 17.7 Å². The lowest BCUT2D eigenvalue weighted by Crippen LogP contribution is -2.81. The van der Waals surface area contributed by atoms with Gasteiger partial charge in [0.05, 0.1) is 0 Å². The zero-order valence-corrected chi connectivity index (χ0v) is 35.2. The van der Waals surface area contributed by atoms with E-state index < -0.39 is 144 Å². The summed E-state index contributed by atoms with van der Waals surface area (Å²) in [4.78, 5) is 12.9. The lowest BCUT2D eigenvalue weighted by atomic mass is 9.12. The van der Waals surface area contributed by atoms with Crippen molar-refractivity contribution in [3.05, 3.63) is 223 Å². The number of carbonyl (C=O) groups is 1. The maximum Gasteiger partial charge on any atom is 0.311 e. The minimum absolute atomic E-state index is 0.0333. The molecule has 24 heteroatoms. The van der Waals surface area contributed by atoms with E-state index in [1.807, 2.05) is 66.7 Å². The normalized spacial score (nSPS) is 11.7. The number of nitrogens with zero attached hydrogens (tertiary/aromatic N) is 1. The molecule has 7 aromatic carbocycles. The lowest BCUT2D eigenvalue weighted by Gasteiger charge is -2.44. The zero-order valence-electron chi connectivity index (χ0n) is 34.3. The van der Waals surface area contributed by atoms with Crippen LogP contribution in [0, 0.1) is 116 Å². The number of ketones is 1. The Balaban J connectivity index is 0.000000240. The molecule has 71 heavy (non-hydrogen) atoms. The van der Waals surface area contributed by atoms with Crippen molar-refractivity contribution < 1.29 is 97.2 Å². The molecule has 0 saturated heterocycles. The van der Waals surface area contributed by atoms with E-state index in [4.69, 9.17) is 0 Å². The van der Waals surface area contributed by atoms with Crippen LogP contribution in [0.1, 0.15) is 20.9 Å². The van der Waals surface area contributed by atoms with Crippen LogP contribution in [0.2, 0.25) is 0 Å². The van der Waals surface area contributed by atoms with Crippen molar-refractivity contribution in [3.63, 3.8) is 0 Å². The maximum absolute atomic E-state index is 15.4. The molecule has 0 fully saturated rings. The second-order valence-corrected chi connectivity index (χ2v) is 15.9. The summed E-state index contributed by atoms with van der Waals surface area (Å²) >= 11 is 1.55. The third kappa shape index (κ3) is 8.46. The quantitative estimate of drug-likeness (QED) is 0.0268. The first kappa shape index (κ1) is 51.4. The van der Waals surface area contributed by atoms with E-state index in [1.54, 1.807) is 17.4 Å². The number of rotatable bonds is 9. The van der Waals surface area contributed by atoms with E-state index >= 15 is 35.1 Å². The van der Waals surface area contributed by atoms with Gasteiger partial charge in [-0.15, -0.1) is 21.9 Å². The number of hydrogen-bond donors (Lipinski definition) is 0. The fourth-order valence-electron chi connectivity index (χ4n) is 7.82. The second-order valence-electron chi connectivity index (χ2n) is 14.9. The van der Waals surface area contributed by atoms with E-state index in [2.05, 4.69) is 28.8 Å². The fourth-order valence-corrected chi connectivity index (χ4v) is 8.90. The number of fused-ring (bicyclic) bond motifs is 1. The third-order valence-corrected chi connectivity index (χ3v) is 12.1. The first-order valence-corrected chi connectivity index (χ1v) is 20.3. The molecule has 1 heterocycles. The number of allylic oxidation sites excluding steroid dienone is 1. The van der Waals surface area contributed by atoms with E-state index in [-0.39, 0.29) is 5.78 Å². The topological polar surface area (TPSA) is 20.9 Å². The summed E-state index contributed by atoms with van der Waals surface area (Å²) in [5.74, 6) is -71.4. The summed E-state index contributed by atoms with van der Waals surface area (Å²) in [6, 6.07) is 28.3. The van der Waals surface area contributed by atoms with Gasteiger partial charge in [-0.1, -0.05) is 90.2 Å². The minimum atomic E-state index is -7.22. The molecule has 8 aromatic rings. The molecule has 0 radical (unpaired) electrons. The Labute approximate surface area is 387 Å². The van der Waals surface area contributed by atoms with Crippen molar-refractivity contribution >= 4 is 61.4 Å². The highest BCUT2D eigenvalue weighted by molar-refractivity contribution is 7.20. The van der Waals surface area contributed by atoms with Gasteiger partial charge >= 0.3 is 5.01 Å². The standard InChI is InChI=1S/C24BF20.C23H18NOS/c26-5-1(6(27)14(35)21(42)13(5)34)25(2-7(28)15(36)22(43)16(37)8(2)29,3-9(30)17(38)23(44)18(39)10(3)31)4-11(32)19(40)24(45)20(41)12(4)33;25-21(16-15-18-9-3-1-4-10-18)23-24(17-19-11-5-2-6-12-19)20-13-7-8-14-22(20)26-23/h;1-16H,17H2/q-1;+1. The van der Waals surface area contributed by atoms with Gasteiger partial charge in [-0.25, -0.2) is 87.8 Å². The summed E-state index contributed by atoms with van der Waals surface area (Å²) in [7, 11) is 0. The molecule has 0 unspecified atom stereocenters. The van der Waals surface area contributed by atoms with E-state index in [0.29, 0.717) is 6.54 Å². The Morgan fingerprint density at radius 2 is 0.690 bits per heavy atom. The molecule has 0 bridgehead atoms. The van der Waals surface area contributed by atoms with Crippen molar-refractivity contribution in [2.45, 2.75) is 6.54 Å². The first-order chi connectivity index (χ1) is 33.5. The molecule has 2 nitrogen and oxygen atoms in total. The van der Waals surface area contributed by atoms with Crippen LogP contribution in [0.25, 0.3) is 16.3 Å². The second kappa shape index (κ2) is 19.7. The van der Waals surface area contributed by atoms with Crippen LogP contribution in [0.15, 0.2) is 91.0 Å². The van der Waals surface area contributed by atoms with Gasteiger partial charge in [0.15, 0.2) is 76.4 Å². The largest absolute Gasteiger partial charge is 0.311 e. The van der Waals surface area contributed by atoms with Gasteiger partial charge < -0.3 is 0 Å². The van der Waals surface area contributed by atoms with Crippen LogP contribution < -0.4 is 26.4 Å². The summed E-state index contributed by atoms with van der Waals surface area (Å²) in [5, 5.41) is 0.752. The van der Waals surface area contributed by atoms with Crippen LogP contribution >= 0.6 is 11.3 Å². The van der Waals surface area contributed by atoms with Crippen molar-refractivity contribution in [3.8, 4) is 0 Å². The van der Waals surface area contributed by atoms with Crippen molar-refractivity contribution in [1.82, 2.24) is 0 Å². The number of para-hydroxylation sites is 1. The molecule has 0 saturated carbocycles. The smallest absolute Gasteiger partial charge is 0.281 e. The summed E-state index contributed by atoms with van der Waals surface area (Å²) in [6.07, 6.45) is -3.67. The zero-order chi connectivity index (χ0) is 52.1. The average Bonchev–Trinajstić information content (AvgIpc) is 3.74. The summed E-state index contributed by atoms with van der Waals surface area (Å²) < 4.78 is 297. The number of benzene rings is 7. The Morgan fingerprint density at radius 1 is 0.394 bits per heavy atom. The monoisotopic (exact) mass is 1040 g/mol. The Hall–Kier alpha value is -7.50. The van der Waals surface area contributed by atoms with Crippen molar-refractivity contribution in [1.29, 1.82) is 0 Å². The lowest BCUT2D eigenvalue weighted by molar-refractivity contribution is -0.659. The number of halogens is 20. The highest BCUT2D eigenvalue weighted by Crippen LogP contribution is 2.31. The average molecular weight is 1040 g/mol. The van der Waals surface area contributed by atoms with Crippen molar-refractivity contribution in [2.24, 2.45) is 0 Å². The molecule has 0 aliphatic rings. The van der Waals surface area contributed by atoms with E-state index in [0.717, 1.165) is 20.8 Å². The highest BCUT2D eigenvalue weighted by Gasteiger charge is 2.52. The molecule has 0 aliphatic heterocycles. The molecule has 366 valence electrons. The predicted octanol–water partition coefficient (Wildman–Crippen LogP) is 11.0. The van der Waals surface area contributed by atoms with Gasteiger partial charge in [0.25, 0.3) is 5.78 Å². The van der Waals surface area contributed by atoms with Gasteiger partial charge in [-0.2, -0.15) is 4.57 Å². The molecule has 8 rings (SSSR count). The third-order valence-electron chi connectivity index (χ3n) is 10.9. The molecular weight excluding hydrogens is 1020 g/mol. The molecule has 0 aliphatic carbocycles. The maximum atomic E-state index is 15.4. The van der Waals surface area contributed by atoms with Gasteiger partial charge in [0.2, 0.25) is 5.52 Å². The van der Waals surface area contributed by atoms with E-state index in [1.165, 1.54) is 5.56 Å². The number of thiazole rings is 1. The first-order valence-electron chi connectivity index (χ1n) is 19.5. The molecule has 0 spiro atoms. The number of aromatic nitrogens is 1. The van der Waals surface area contributed by atoms with Crippen LogP contribution in [0.5, 0.6) is 0 Å². The fraction of sp³-hybridized carbons (Fsp3) is 0.0213. The van der Waals surface area contributed by atoms with Crippen LogP contribution in [0.4, 0.5) is 87.8 Å². The van der Waals surface area contributed by atoms with E-state index in [9.17, 15) is 57.5 Å². The molecule has 1 aromatic heterocycles. The van der Waals surface area contributed by atoms with Crippen LogP contribution in [-0.2, 0) is 6.54 Å². The Kier molecular flexibility index (Phi) is 14.3. The van der Waals surface area contributed by atoms with Crippen molar-refractivity contribution in [2.75, 3.05) is 0 Å². The minimum Gasteiger partial charge on any atom is -0.281 e.